The summed E-state index contributed by atoms with van der Waals surface area (Å²) in [5.41, 5.74) is 0.998. The summed E-state index contributed by atoms with van der Waals surface area (Å²) in [6, 6.07) is 6.07. The van der Waals surface area contributed by atoms with Crippen LogP contribution >= 0.6 is 15.9 Å². The molecule has 0 saturated carbocycles. The standard InChI is InChI=1S/C29H49BrO6/c1-6-10-14-32-21-25-27(33-15-11-7-2)29(35-17-13-9-4)28(34-16-12-8-3)26(36-25)22-18-23(30)20-24(19-22)31-5/h18-20,25-29H,6-17,21H2,1-5H3/t25-,26+,27-,28+,29+/m1/s1. The Morgan fingerprint density at radius 3 is 1.86 bits per heavy atom. The highest BCUT2D eigenvalue weighted by molar-refractivity contribution is 9.10. The zero-order valence-corrected chi connectivity index (χ0v) is 24.7. The van der Waals surface area contributed by atoms with Crippen molar-refractivity contribution in [2.45, 2.75) is 110 Å². The molecule has 1 aliphatic heterocycles. The third-order valence-corrected chi connectivity index (χ3v) is 6.90. The second-order valence-corrected chi connectivity index (χ2v) is 10.4. The predicted molar refractivity (Wildman–Crippen MR) is 148 cm³/mol. The summed E-state index contributed by atoms with van der Waals surface area (Å²) in [5, 5.41) is 0. The lowest BCUT2D eigenvalue weighted by Gasteiger charge is -2.46. The number of methoxy groups -OCH3 is 1. The van der Waals surface area contributed by atoms with E-state index in [-0.39, 0.29) is 30.5 Å². The molecular weight excluding hydrogens is 524 g/mol. The monoisotopic (exact) mass is 572 g/mol. The van der Waals surface area contributed by atoms with Crippen LogP contribution in [-0.4, -0.2) is 64.6 Å². The Balaban J connectivity index is 2.43. The van der Waals surface area contributed by atoms with E-state index in [9.17, 15) is 0 Å². The van der Waals surface area contributed by atoms with Gasteiger partial charge < -0.3 is 28.4 Å². The van der Waals surface area contributed by atoms with Gasteiger partial charge in [0.25, 0.3) is 0 Å². The normalized spacial score (nSPS) is 24.2. The molecule has 0 radical (unpaired) electrons. The molecule has 1 saturated heterocycles. The second-order valence-electron chi connectivity index (χ2n) is 9.51. The molecule has 1 aromatic rings. The Bertz CT molecular complexity index is 702. The zero-order valence-electron chi connectivity index (χ0n) is 23.1. The van der Waals surface area contributed by atoms with Gasteiger partial charge in [-0.3, -0.25) is 0 Å². The maximum absolute atomic E-state index is 6.80. The summed E-state index contributed by atoms with van der Waals surface area (Å²) < 4.78 is 39.0. The molecule has 0 aromatic heterocycles. The van der Waals surface area contributed by atoms with Crippen LogP contribution in [0.15, 0.2) is 22.7 Å². The van der Waals surface area contributed by atoms with E-state index in [0.717, 1.165) is 67.2 Å². The number of halogens is 1. The van der Waals surface area contributed by atoms with Crippen molar-refractivity contribution in [1.82, 2.24) is 0 Å². The number of unbranched alkanes of at least 4 members (excludes halogenated alkanes) is 4. The number of benzene rings is 1. The lowest BCUT2D eigenvalue weighted by Crippen LogP contribution is -2.58. The van der Waals surface area contributed by atoms with Crippen LogP contribution < -0.4 is 4.74 Å². The fourth-order valence-corrected chi connectivity index (χ4v) is 4.78. The summed E-state index contributed by atoms with van der Waals surface area (Å²) in [6.07, 6.45) is 6.90. The first-order valence-electron chi connectivity index (χ1n) is 14.0. The second kappa shape index (κ2) is 18.5. The van der Waals surface area contributed by atoms with E-state index in [1.54, 1.807) is 7.11 Å². The van der Waals surface area contributed by atoms with Crippen LogP contribution in [0.4, 0.5) is 0 Å². The van der Waals surface area contributed by atoms with Gasteiger partial charge in [0.2, 0.25) is 0 Å². The Morgan fingerprint density at radius 1 is 0.722 bits per heavy atom. The van der Waals surface area contributed by atoms with Crippen molar-refractivity contribution in [2.75, 3.05) is 40.1 Å². The molecule has 1 fully saturated rings. The van der Waals surface area contributed by atoms with E-state index in [1.807, 2.05) is 12.1 Å². The number of hydrogen-bond acceptors (Lipinski definition) is 6. The minimum absolute atomic E-state index is 0.256. The molecule has 2 rings (SSSR count). The molecule has 0 aliphatic carbocycles. The minimum atomic E-state index is -0.328. The van der Waals surface area contributed by atoms with Crippen LogP contribution in [-0.2, 0) is 23.7 Å². The van der Waals surface area contributed by atoms with Crippen LogP contribution in [0.5, 0.6) is 5.75 Å². The van der Waals surface area contributed by atoms with Crippen molar-refractivity contribution < 1.29 is 28.4 Å². The molecule has 1 aromatic carbocycles. The first kappa shape index (κ1) is 31.5. The van der Waals surface area contributed by atoms with Gasteiger partial charge in [-0.2, -0.15) is 0 Å². The van der Waals surface area contributed by atoms with Crippen molar-refractivity contribution in [2.24, 2.45) is 0 Å². The molecule has 0 amide bonds. The molecular formula is C29H49BrO6. The van der Waals surface area contributed by atoms with Crippen LogP contribution in [0, 0.1) is 0 Å². The van der Waals surface area contributed by atoms with Crippen molar-refractivity contribution in [3.8, 4) is 5.75 Å². The first-order valence-corrected chi connectivity index (χ1v) is 14.8. The highest BCUT2D eigenvalue weighted by Crippen LogP contribution is 2.39. The predicted octanol–water partition coefficient (Wildman–Crippen LogP) is 7.27. The van der Waals surface area contributed by atoms with Crippen molar-refractivity contribution in [1.29, 1.82) is 0 Å². The fourth-order valence-electron chi connectivity index (χ4n) is 4.29. The van der Waals surface area contributed by atoms with Gasteiger partial charge in [0.1, 0.15) is 36.3 Å². The van der Waals surface area contributed by atoms with Gasteiger partial charge in [-0.25, -0.2) is 0 Å². The van der Waals surface area contributed by atoms with E-state index in [2.05, 4.69) is 49.7 Å². The molecule has 1 aliphatic rings. The van der Waals surface area contributed by atoms with Gasteiger partial charge in [-0.05, 0) is 49.4 Å². The Hall–Kier alpha value is -0.700. The van der Waals surface area contributed by atoms with Crippen molar-refractivity contribution in [3.63, 3.8) is 0 Å². The molecule has 0 bridgehead atoms. The average molecular weight is 574 g/mol. The third kappa shape index (κ3) is 10.2. The first-order chi connectivity index (χ1) is 17.6. The molecule has 36 heavy (non-hydrogen) atoms. The van der Waals surface area contributed by atoms with E-state index in [4.69, 9.17) is 28.4 Å². The summed E-state index contributed by atoms with van der Waals surface area (Å²) in [4.78, 5) is 0. The Morgan fingerprint density at radius 2 is 1.28 bits per heavy atom. The summed E-state index contributed by atoms with van der Waals surface area (Å²) >= 11 is 3.64. The Kier molecular flexibility index (Phi) is 16.2. The van der Waals surface area contributed by atoms with E-state index >= 15 is 0 Å². The maximum Gasteiger partial charge on any atom is 0.120 e. The zero-order chi connectivity index (χ0) is 26.2. The van der Waals surface area contributed by atoms with Crippen LogP contribution in [0.25, 0.3) is 0 Å². The smallest absolute Gasteiger partial charge is 0.120 e. The van der Waals surface area contributed by atoms with Crippen molar-refractivity contribution >= 4 is 15.9 Å². The maximum atomic E-state index is 6.80. The Labute approximate surface area is 227 Å². The molecule has 6 nitrogen and oxygen atoms in total. The third-order valence-electron chi connectivity index (χ3n) is 6.44. The van der Waals surface area contributed by atoms with Crippen LogP contribution in [0.1, 0.15) is 90.7 Å². The molecule has 0 spiro atoms. The van der Waals surface area contributed by atoms with Gasteiger partial charge in [0, 0.05) is 30.9 Å². The highest BCUT2D eigenvalue weighted by Gasteiger charge is 2.48. The molecule has 7 heteroatoms. The molecule has 5 atom stereocenters. The van der Waals surface area contributed by atoms with Gasteiger partial charge in [0.05, 0.1) is 13.7 Å². The van der Waals surface area contributed by atoms with Gasteiger partial charge >= 0.3 is 0 Å². The number of hydrogen-bond donors (Lipinski definition) is 0. The SMILES string of the molecule is CCCCOC[C@H]1O[C@@H](c2cc(Br)cc(OC)c2)[C@H](OCCCC)[C@@H](OCCCC)[C@@H]1OCCCC. The largest absolute Gasteiger partial charge is 0.497 e. The lowest BCUT2D eigenvalue weighted by atomic mass is 9.90. The number of rotatable bonds is 19. The molecule has 208 valence electrons. The van der Waals surface area contributed by atoms with Crippen molar-refractivity contribution in [3.05, 3.63) is 28.2 Å². The molecule has 0 unspecified atom stereocenters. The van der Waals surface area contributed by atoms with Gasteiger partial charge in [-0.1, -0.05) is 69.3 Å². The summed E-state index contributed by atoms with van der Waals surface area (Å²) in [7, 11) is 1.68. The van der Waals surface area contributed by atoms with E-state index in [1.165, 1.54) is 0 Å². The average Bonchev–Trinajstić information content (AvgIpc) is 2.88. The molecule has 0 N–H and O–H groups in total. The fraction of sp³-hybridized carbons (Fsp3) is 0.793. The van der Waals surface area contributed by atoms with Gasteiger partial charge in [0.15, 0.2) is 0 Å². The van der Waals surface area contributed by atoms with Crippen LogP contribution in [0.3, 0.4) is 0 Å². The van der Waals surface area contributed by atoms with Crippen LogP contribution in [0.2, 0.25) is 0 Å². The topological polar surface area (TPSA) is 55.4 Å². The quantitative estimate of drug-likeness (QED) is 0.162. The summed E-state index contributed by atoms with van der Waals surface area (Å²) in [6.45, 7) is 11.9. The minimum Gasteiger partial charge on any atom is -0.497 e. The summed E-state index contributed by atoms with van der Waals surface area (Å²) in [5.74, 6) is 0.774. The number of ether oxygens (including phenoxy) is 6. The lowest BCUT2D eigenvalue weighted by molar-refractivity contribution is -0.268. The van der Waals surface area contributed by atoms with E-state index < -0.39 is 0 Å². The van der Waals surface area contributed by atoms with E-state index in [0.29, 0.717) is 33.0 Å². The highest BCUT2D eigenvalue weighted by atomic mass is 79.9. The van der Waals surface area contributed by atoms with Gasteiger partial charge in [-0.15, -0.1) is 0 Å². The molecule has 1 heterocycles.